The van der Waals surface area contributed by atoms with Crippen LogP contribution < -0.4 is 10.3 Å². The van der Waals surface area contributed by atoms with Gasteiger partial charge in [0.2, 0.25) is 0 Å². The molecule has 2 aliphatic carbocycles. The van der Waals surface area contributed by atoms with E-state index in [0.717, 1.165) is 50.5 Å². The summed E-state index contributed by atoms with van der Waals surface area (Å²) in [5.74, 6) is 0.484. The first kappa shape index (κ1) is 26.4. The normalized spacial score (nSPS) is 17.1. The van der Waals surface area contributed by atoms with Crippen molar-refractivity contribution in [3.8, 4) is 5.75 Å². The van der Waals surface area contributed by atoms with Crippen LogP contribution in [0.2, 0.25) is 0 Å². The van der Waals surface area contributed by atoms with Crippen molar-refractivity contribution >= 4 is 15.7 Å². The fourth-order valence-electron chi connectivity index (χ4n) is 5.97. The van der Waals surface area contributed by atoms with E-state index in [0.29, 0.717) is 17.0 Å². The third kappa shape index (κ3) is 5.30. The number of sulfonamides is 1. The van der Waals surface area contributed by atoms with Gasteiger partial charge in [0.1, 0.15) is 11.5 Å². The molecule has 0 radical (unpaired) electrons. The average Bonchev–Trinajstić information content (AvgIpc) is 3.77. The highest BCUT2D eigenvalue weighted by atomic mass is 32.2. The molecule has 6 nitrogen and oxygen atoms in total. The minimum Gasteiger partial charge on any atom is -0.507 e. The molecule has 2 N–H and O–H groups in total. The highest BCUT2D eigenvalue weighted by molar-refractivity contribution is 7.92. The Morgan fingerprint density at radius 3 is 2.15 bits per heavy atom. The first-order chi connectivity index (χ1) is 19.3. The third-order valence-electron chi connectivity index (χ3n) is 8.51. The lowest BCUT2D eigenvalue weighted by molar-refractivity contribution is 0.175. The zero-order chi connectivity index (χ0) is 27.7. The van der Waals surface area contributed by atoms with Crippen molar-refractivity contribution in [2.75, 3.05) is 4.72 Å². The number of aromatic hydroxyl groups is 1. The summed E-state index contributed by atoms with van der Waals surface area (Å²) in [5.41, 5.74) is 2.12. The third-order valence-corrected chi connectivity index (χ3v) is 9.91. The molecule has 1 unspecified atom stereocenters. The fourth-order valence-corrected chi connectivity index (χ4v) is 7.05. The maximum atomic E-state index is 13.5. The highest BCUT2D eigenvalue weighted by Crippen LogP contribution is 2.50. The number of hydrogen-bond donors (Lipinski definition) is 2. The molecule has 0 amide bonds. The minimum atomic E-state index is -3.71. The van der Waals surface area contributed by atoms with Crippen molar-refractivity contribution in [2.45, 2.75) is 61.2 Å². The van der Waals surface area contributed by atoms with Gasteiger partial charge in [0.05, 0.1) is 10.5 Å². The summed E-state index contributed by atoms with van der Waals surface area (Å²) >= 11 is 0. The number of nitrogens with one attached hydrogen (secondary N) is 1. The van der Waals surface area contributed by atoms with E-state index in [1.165, 1.54) is 5.56 Å². The van der Waals surface area contributed by atoms with Crippen LogP contribution in [0.5, 0.6) is 5.75 Å². The molecule has 2 saturated carbocycles. The Balaban J connectivity index is 1.25. The number of anilines is 1. The SMILES string of the molecule is O=c1oc(C2(CCc3ccccc3)CCC2)cc(O)c1C(c1ccc(NS(=O)(=O)c2ccccc2)cc1)C1CC1. The summed E-state index contributed by atoms with van der Waals surface area (Å²) < 4.78 is 34.1. The van der Waals surface area contributed by atoms with Crippen LogP contribution in [0.3, 0.4) is 0 Å². The van der Waals surface area contributed by atoms with E-state index in [1.807, 2.05) is 30.3 Å². The Morgan fingerprint density at radius 2 is 1.57 bits per heavy atom. The Hall–Kier alpha value is -3.84. The summed E-state index contributed by atoms with van der Waals surface area (Å²) in [6, 6.07) is 27.2. The monoisotopic (exact) mass is 555 g/mol. The molecule has 7 heteroatoms. The molecule has 0 bridgehead atoms. The van der Waals surface area contributed by atoms with Crippen LogP contribution in [-0.2, 0) is 21.9 Å². The van der Waals surface area contributed by atoms with E-state index in [9.17, 15) is 18.3 Å². The van der Waals surface area contributed by atoms with E-state index in [4.69, 9.17) is 4.42 Å². The Kier molecular flexibility index (Phi) is 7.00. The van der Waals surface area contributed by atoms with E-state index in [2.05, 4.69) is 16.9 Å². The lowest BCUT2D eigenvalue weighted by atomic mass is 9.64. The maximum Gasteiger partial charge on any atom is 0.343 e. The van der Waals surface area contributed by atoms with Crippen molar-refractivity contribution < 1.29 is 17.9 Å². The molecule has 6 rings (SSSR count). The van der Waals surface area contributed by atoms with Crippen LogP contribution in [-0.4, -0.2) is 13.5 Å². The molecule has 1 aromatic heterocycles. The van der Waals surface area contributed by atoms with Gasteiger partial charge >= 0.3 is 5.63 Å². The predicted molar refractivity (Wildman–Crippen MR) is 155 cm³/mol. The van der Waals surface area contributed by atoms with Crippen LogP contribution in [0.1, 0.15) is 66.9 Å². The van der Waals surface area contributed by atoms with Gasteiger partial charge in [0.25, 0.3) is 10.0 Å². The van der Waals surface area contributed by atoms with Crippen LogP contribution >= 0.6 is 0 Å². The van der Waals surface area contributed by atoms with Gasteiger partial charge in [-0.05, 0) is 79.8 Å². The summed E-state index contributed by atoms with van der Waals surface area (Å²) in [6.07, 6.45) is 6.61. The quantitative estimate of drug-likeness (QED) is 0.226. The number of rotatable bonds is 10. The average molecular weight is 556 g/mol. The number of benzene rings is 3. The summed E-state index contributed by atoms with van der Waals surface area (Å²) in [4.78, 5) is 13.6. The van der Waals surface area contributed by atoms with Crippen LogP contribution in [0.25, 0.3) is 0 Å². The Bertz CT molecular complexity index is 1640. The summed E-state index contributed by atoms with van der Waals surface area (Å²) in [7, 11) is -3.71. The van der Waals surface area contributed by atoms with Crippen molar-refractivity contribution in [2.24, 2.45) is 5.92 Å². The molecule has 1 heterocycles. The molecule has 3 aromatic carbocycles. The predicted octanol–water partition coefficient (Wildman–Crippen LogP) is 6.74. The van der Waals surface area contributed by atoms with Gasteiger partial charge in [0.15, 0.2) is 0 Å². The lowest BCUT2D eigenvalue weighted by Gasteiger charge is -2.41. The second kappa shape index (κ2) is 10.6. The van der Waals surface area contributed by atoms with Gasteiger partial charge in [-0.2, -0.15) is 0 Å². The van der Waals surface area contributed by atoms with Gasteiger partial charge in [-0.3, -0.25) is 4.72 Å². The maximum absolute atomic E-state index is 13.5. The first-order valence-corrected chi connectivity index (χ1v) is 15.4. The number of hydrogen-bond acceptors (Lipinski definition) is 5. The van der Waals surface area contributed by atoms with E-state index in [-0.39, 0.29) is 27.9 Å². The molecule has 40 heavy (non-hydrogen) atoms. The zero-order valence-electron chi connectivity index (χ0n) is 22.3. The van der Waals surface area contributed by atoms with Crippen molar-refractivity contribution in [3.63, 3.8) is 0 Å². The molecule has 2 fully saturated rings. The fraction of sp³-hybridized carbons (Fsp3) is 0.303. The van der Waals surface area contributed by atoms with Gasteiger partial charge < -0.3 is 9.52 Å². The molecule has 0 saturated heterocycles. The molecule has 0 spiro atoms. The van der Waals surface area contributed by atoms with Crippen LogP contribution in [0.4, 0.5) is 5.69 Å². The standard InChI is InChI=1S/C33H33NO5S/c35-28-22-29(33(19-7-20-33)21-18-23-8-3-1-4-9-23)39-32(36)31(28)30(24-12-13-24)25-14-16-26(17-15-25)34-40(37,38)27-10-5-2-6-11-27/h1-6,8-11,14-17,22,24,30,34-35H,7,12-13,18-21H2. The lowest BCUT2D eigenvalue weighted by Crippen LogP contribution is -2.36. The molecule has 1 atom stereocenters. The van der Waals surface area contributed by atoms with Gasteiger partial charge in [-0.15, -0.1) is 0 Å². The van der Waals surface area contributed by atoms with E-state index in [1.54, 1.807) is 48.5 Å². The summed E-state index contributed by atoms with van der Waals surface area (Å²) in [6.45, 7) is 0. The molecule has 206 valence electrons. The zero-order valence-corrected chi connectivity index (χ0v) is 23.1. The van der Waals surface area contributed by atoms with E-state index < -0.39 is 15.6 Å². The van der Waals surface area contributed by atoms with Crippen molar-refractivity contribution in [3.05, 3.63) is 124 Å². The van der Waals surface area contributed by atoms with Gasteiger partial charge in [-0.25, -0.2) is 13.2 Å². The second-order valence-corrected chi connectivity index (χ2v) is 12.9. The smallest absolute Gasteiger partial charge is 0.343 e. The molecular weight excluding hydrogens is 522 g/mol. The van der Waals surface area contributed by atoms with Crippen molar-refractivity contribution in [1.29, 1.82) is 0 Å². The molecular formula is C33H33NO5S. The Labute approximate surface area is 234 Å². The van der Waals surface area contributed by atoms with Crippen molar-refractivity contribution in [1.82, 2.24) is 0 Å². The number of aryl methyl sites for hydroxylation is 1. The first-order valence-electron chi connectivity index (χ1n) is 13.9. The minimum absolute atomic E-state index is 0.0111. The second-order valence-electron chi connectivity index (χ2n) is 11.2. The van der Waals surface area contributed by atoms with Gasteiger partial charge in [0, 0.05) is 23.1 Å². The molecule has 0 aliphatic heterocycles. The summed E-state index contributed by atoms with van der Waals surface area (Å²) in [5, 5.41) is 11.2. The molecule has 4 aromatic rings. The molecule has 2 aliphatic rings. The van der Waals surface area contributed by atoms with Crippen LogP contribution in [0.15, 0.2) is 105 Å². The Morgan fingerprint density at radius 1 is 0.925 bits per heavy atom. The van der Waals surface area contributed by atoms with E-state index >= 15 is 0 Å². The van der Waals surface area contributed by atoms with Crippen LogP contribution in [0, 0.1) is 5.92 Å². The largest absolute Gasteiger partial charge is 0.507 e. The van der Waals surface area contributed by atoms with Gasteiger partial charge in [-0.1, -0.05) is 67.1 Å². The topological polar surface area (TPSA) is 96.6 Å². The highest BCUT2D eigenvalue weighted by Gasteiger charge is 2.43.